The molecule has 11 heteroatoms. The van der Waals surface area contributed by atoms with E-state index in [0.717, 1.165) is 35.9 Å². The van der Waals surface area contributed by atoms with Crippen molar-refractivity contribution >= 4 is 34.4 Å². The zero-order chi connectivity index (χ0) is 26.1. The monoisotopic (exact) mass is 516 g/mol. The fourth-order valence-corrected chi connectivity index (χ4v) is 4.39. The van der Waals surface area contributed by atoms with E-state index in [2.05, 4.69) is 38.0 Å². The van der Waals surface area contributed by atoms with Crippen molar-refractivity contribution < 1.29 is 19.1 Å². The van der Waals surface area contributed by atoms with Gasteiger partial charge in [-0.3, -0.25) is 25.4 Å². The molecule has 0 aliphatic heterocycles. The number of carbonyl (C=O) groups is 3. The highest BCUT2D eigenvalue weighted by molar-refractivity contribution is 7.13. The second kappa shape index (κ2) is 13.2. The Labute approximate surface area is 216 Å². The topological polar surface area (TPSA) is 126 Å². The Morgan fingerprint density at radius 3 is 2.64 bits per heavy atom. The van der Waals surface area contributed by atoms with Crippen LogP contribution in [0.3, 0.4) is 0 Å². The third-order valence-electron chi connectivity index (χ3n) is 5.62. The lowest BCUT2D eigenvalue weighted by molar-refractivity contribution is -0.124. The summed E-state index contributed by atoms with van der Waals surface area (Å²) in [6.45, 7) is 9.74. The van der Waals surface area contributed by atoms with Crippen molar-refractivity contribution in [3.8, 4) is 0 Å². The largest absolute Gasteiger partial charge is 0.445 e. The van der Waals surface area contributed by atoms with E-state index in [1.165, 1.54) is 24.2 Å². The average molecular weight is 517 g/mol. The summed E-state index contributed by atoms with van der Waals surface area (Å²) in [6, 6.07) is 2.77. The minimum absolute atomic E-state index is 0.0355. The number of hydrazine groups is 1. The molecule has 3 amide bonds. The maximum absolute atomic E-state index is 12.8. The molecule has 1 saturated carbocycles. The molecule has 1 fully saturated rings. The van der Waals surface area contributed by atoms with Crippen molar-refractivity contribution in [2.75, 3.05) is 18.0 Å². The van der Waals surface area contributed by atoms with E-state index in [4.69, 9.17) is 4.74 Å². The average Bonchev–Trinajstić information content (AvgIpc) is 3.52. The SMILES string of the molecule is CCCN(CC1CC1)c1nc(C(=O)NNC(=O)[C@H](CC(C)C)NC(=O)OCc2ccc(C)nc2)cs1. The van der Waals surface area contributed by atoms with Crippen LogP contribution in [0.15, 0.2) is 23.7 Å². The van der Waals surface area contributed by atoms with Crippen LogP contribution in [0.4, 0.5) is 9.93 Å². The molecule has 3 N–H and O–H groups in total. The predicted octanol–water partition coefficient (Wildman–Crippen LogP) is 3.58. The quantitative estimate of drug-likeness (QED) is 0.368. The maximum Gasteiger partial charge on any atom is 0.408 e. The summed E-state index contributed by atoms with van der Waals surface area (Å²) in [5, 5.41) is 5.08. The molecule has 3 rings (SSSR count). The molecule has 1 aliphatic rings. The summed E-state index contributed by atoms with van der Waals surface area (Å²) in [5.41, 5.74) is 6.67. The van der Waals surface area contributed by atoms with Crippen LogP contribution in [0.2, 0.25) is 0 Å². The summed E-state index contributed by atoms with van der Waals surface area (Å²) in [7, 11) is 0. The Morgan fingerprint density at radius 1 is 1.22 bits per heavy atom. The number of aromatic nitrogens is 2. The van der Waals surface area contributed by atoms with Crippen LogP contribution in [0.5, 0.6) is 0 Å². The number of alkyl carbamates (subject to hydrolysis) is 1. The summed E-state index contributed by atoms with van der Waals surface area (Å²) in [6.07, 6.45) is 4.77. The van der Waals surface area contributed by atoms with E-state index in [1.807, 2.05) is 32.9 Å². The van der Waals surface area contributed by atoms with E-state index in [9.17, 15) is 14.4 Å². The number of pyridine rings is 1. The zero-order valence-electron chi connectivity index (χ0n) is 21.4. The molecule has 2 aromatic heterocycles. The molecule has 0 spiro atoms. The molecular weight excluding hydrogens is 480 g/mol. The number of ether oxygens (including phenoxy) is 1. The predicted molar refractivity (Wildman–Crippen MR) is 138 cm³/mol. The van der Waals surface area contributed by atoms with Crippen molar-refractivity contribution in [1.29, 1.82) is 0 Å². The smallest absolute Gasteiger partial charge is 0.408 e. The molecule has 2 aromatic rings. The van der Waals surface area contributed by atoms with Gasteiger partial charge in [0.15, 0.2) is 5.13 Å². The highest BCUT2D eigenvalue weighted by atomic mass is 32.1. The van der Waals surface area contributed by atoms with Gasteiger partial charge in [-0.2, -0.15) is 0 Å². The molecule has 0 unspecified atom stereocenters. The van der Waals surface area contributed by atoms with Crippen molar-refractivity contribution in [3.05, 3.63) is 40.7 Å². The lowest BCUT2D eigenvalue weighted by Crippen LogP contribution is -2.52. The molecule has 1 aliphatic carbocycles. The zero-order valence-corrected chi connectivity index (χ0v) is 22.2. The fraction of sp³-hybridized carbons (Fsp3) is 0.560. The molecule has 0 bridgehead atoms. The van der Waals surface area contributed by atoms with Gasteiger partial charge in [0.25, 0.3) is 11.8 Å². The molecule has 2 heterocycles. The summed E-state index contributed by atoms with van der Waals surface area (Å²) in [4.78, 5) is 48.5. The summed E-state index contributed by atoms with van der Waals surface area (Å²) < 4.78 is 5.23. The second-order valence-electron chi connectivity index (χ2n) is 9.56. The summed E-state index contributed by atoms with van der Waals surface area (Å²) >= 11 is 1.42. The molecular formula is C25H36N6O4S. The minimum atomic E-state index is -0.876. The number of anilines is 1. The third kappa shape index (κ3) is 8.78. The number of nitrogens with one attached hydrogen (secondary N) is 3. The van der Waals surface area contributed by atoms with Crippen molar-refractivity contribution in [1.82, 2.24) is 26.1 Å². The first-order chi connectivity index (χ1) is 17.2. The molecule has 1 atom stereocenters. The summed E-state index contributed by atoms with van der Waals surface area (Å²) in [5.74, 6) is -0.216. The van der Waals surface area contributed by atoms with Gasteiger partial charge in [0, 0.05) is 35.9 Å². The van der Waals surface area contributed by atoms with Crippen LogP contribution in [0.25, 0.3) is 0 Å². The Hall–Kier alpha value is -3.21. The third-order valence-corrected chi connectivity index (χ3v) is 6.52. The molecule has 196 valence electrons. The maximum atomic E-state index is 12.8. The van der Waals surface area contributed by atoms with Crippen LogP contribution in [-0.2, 0) is 16.1 Å². The standard InChI is InChI=1S/C25H36N6O4S/c1-5-10-31(13-18-8-9-18)24-27-21(15-36-24)23(33)30-29-22(32)20(11-16(2)3)28-25(34)35-14-19-7-6-17(4)26-12-19/h6-7,12,15-16,18,20H,5,8-11,13-14H2,1-4H3,(H,28,34)(H,29,32)(H,30,33)/t20-/m0/s1. The number of aryl methyl sites for hydroxylation is 1. The highest BCUT2D eigenvalue weighted by Gasteiger charge is 2.26. The first kappa shape index (κ1) is 27.4. The molecule has 0 saturated heterocycles. The van der Waals surface area contributed by atoms with Gasteiger partial charge >= 0.3 is 6.09 Å². The highest BCUT2D eigenvalue weighted by Crippen LogP contribution is 2.32. The molecule has 0 aromatic carbocycles. The van der Waals surface area contributed by atoms with Crippen LogP contribution in [-0.4, -0.2) is 47.0 Å². The normalized spacial score (nSPS) is 13.7. The lowest BCUT2D eigenvalue weighted by Gasteiger charge is -2.21. The van der Waals surface area contributed by atoms with Crippen molar-refractivity contribution in [3.63, 3.8) is 0 Å². The number of rotatable bonds is 12. The van der Waals surface area contributed by atoms with E-state index >= 15 is 0 Å². The second-order valence-corrected chi connectivity index (χ2v) is 10.4. The number of amides is 3. The van der Waals surface area contributed by atoms with Gasteiger partial charge in [-0.1, -0.05) is 26.8 Å². The van der Waals surface area contributed by atoms with Crippen LogP contribution < -0.4 is 21.1 Å². The first-order valence-electron chi connectivity index (χ1n) is 12.4. The van der Waals surface area contributed by atoms with E-state index in [-0.39, 0.29) is 18.2 Å². The Kier molecular flexibility index (Phi) is 10.0. The van der Waals surface area contributed by atoms with Gasteiger partial charge in [-0.15, -0.1) is 11.3 Å². The number of carbonyl (C=O) groups excluding carboxylic acids is 3. The Bertz CT molecular complexity index is 1020. The first-order valence-corrected chi connectivity index (χ1v) is 13.3. The van der Waals surface area contributed by atoms with Crippen LogP contribution >= 0.6 is 11.3 Å². The minimum Gasteiger partial charge on any atom is -0.445 e. The lowest BCUT2D eigenvalue weighted by atomic mass is 10.0. The van der Waals surface area contributed by atoms with Gasteiger partial charge in [-0.25, -0.2) is 9.78 Å². The number of hydrogen-bond acceptors (Lipinski definition) is 8. The van der Waals surface area contributed by atoms with Crippen molar-refractivity contribution in [2.45, 2.75) is 66.0 Å². The number of hydrogen-bond donors (Lipinski definition) is 3. The van der Waals surface area contributed by atoms with E-state index in [1.54, 1.807) is 11.6 Å². The van der Waals surface area contributed by atoms with Crippen LogP contribution in [0, 0.1) is 18.8 Å². The van der Waals surface area contributed by atoms with E-state index < -0.39 is 23.9 Å². The van der Waals surface area contributed by atoms with Gasteiger partial charge in [0.1, 0.15) is 18.3 Å². The fourth-order valence-electron chi connectivity index (χ4n) is 3.55. The Morgan fingerprint density at radius 2 is 2.00 bits per heavy atom. The van der Waals surface area contributed by atoms with Crippen molar-refractivity contribution in [2.24, 2.45) is 11.8 Å². The van der Waals surface area contributed by atoms with Crippen LogP contribution in [0.1, 0.15) is 68.2 Å². The van der Waals surface area contributed by atoms with E-state index in [0.29, 0.717) is 12.3 Å². The number of nitrogens with zero attached hydrogens (tertiary/aromatic N) is 3. The van der Waals surface area contributed by atoms with Gasteiger partial charge in [0.05, 0.1) is 0 Å². The molecule has 10 nitrogen and oxygen atoms in total. The molecule has 0 radical (unpaired) electrons. The van der Waals surface area contributed by atoms with Gasteiger partial charge in [0.2, 0.25) is 0 Å². The van der Waals surface area contributed by atoms with Gasteiger partial charge < -0.3 is 15.0 Å². The molecule has 36 heavy (non-hydrogen) atoms. The Balaban J connectivity index is 1.51. The van der Waals surface area contributed by atoms with Gasteiger partial charge in [-0.05, 0) is 50.5 Å². The number of thiazole rings is 1.